The smallest absolute Gasteiger partial charge is 0.300 e. The van der Waals surface area contributed by atoms with Crippen molar-refractivity contribution in [2.45, 2.75) is 13.0 Å². The molecule has 1 saturated heterocycles. The normalized spacial score (nSPS) is 17.9. The summed E-state index contributed by atoms with van der Waals surface area (Å²) >= 11 is 12.1. The largest absolute Gasteiger partial charge is 0.507 e. The first kappa shape index (κ1) is 21.0. The Morgan fingerprint density at radius 2 is 1.90 bits per heavy atom. The lowest BCUT2D eigenvalue weighted by Gasteiger charge is -2.25. The summed E-state index contributed by atoms with van der Waals surface area (Å²) in [5, 5.41) is 11.9. The first-order valence-electron chi connectivity index (χ1n) is 9.28. The van der Waals surface area contributed by atoms with Gasteiger partial charge in [0.15, 0.2) is 0 Å². The molecule has 6 nitrogen and oxygen atoms in total. The van der Waals surface area contributed by atoms with Crippen LogP contribution in [0.3, 0.4) is 0 Å². The lowest BCUT2D eigenvalue weighted by Crippen LogP contribution is -2.29. The van der Waals surface area contributed by atoms with E-state index in [0.29, 0.717) is 32.8 Å². The molecule has 0 radical (unpaired) electrons. The second-order valence-electron chi connectivity index (χ2n) is 6.96. The summed E-state index contributed by atoms with van der Waals surface area (Å²) in [5.74, 6) is -1.32. The summed E-state index contributed by atoms with van der Waals surface area (Å²) in [6.07, 6.45) is 1.44. The predicted octanol–water partition coefficient (Wildman–Crippen LogP) is 5.53. The summed E-state index contributed by atoms with van der Waals surface area (Å²) in [7, 11) is 1.44. The van der Waals surface area contributed by atoms with Crippen molar-refractivity contribution in [3.8, 4) is 5.75 Å². The van der Waals surface area contributed by atoms with Gasteiger partial charge in [0, 0.05) is 16.3 Å². The number of hydrogen-bond donors (Lipinski definition) is 1. The number of halogens is 2. The number of methoxy groups -OCH3 is 1. The average Bonchev–Trinajstić information content (AvgIpc) is 3.36. The quantitative estimate of drug-likeness (QED) is 0.316. The minimum atomic E-state index is -0.962. The molecule has 0 aliphatic carbocycles. The van der Waals surface area contributed by atoms with Crippen LogP contribution in [0.2, 0.25) is 10.0 Å². The molecule has 31 heavy (non-hydrogen) atoms. The van der Waals surface area contributed by atoms with Gasteiger partial charge in [0.1, 0.15) is 23.3 Å². The van der Waals surface area contributed by atoms with Gasteiger partial charge in [0.2, 0.25) is 0 Å². The van der Waals surface area contributed by atoms with Crippen molar-refractivity contribution < 1.29 is 23.8 Å². The summed E-state index contributed by atoms with van der Waals surface area (Å²) < 4.78 is 10.8. The fourth-order valence-electron chi connectivity index (χ4n) is 3.65. The number of nitrogens with zero attached hydrogens (tertiary/aromatic N) is 1. The minimum Gasteiger partial charge on any atom is -0.507 e. The van der Waals surface area contributed by atoms with Gasteiger partial charge in [-0.15, -0.1) is 0 Å². The number of carbonyl (C=O) groups is 2. The Kier molecular flexibility index (Phi) is 5.52. The van der Waals surface area contributed by atoms with Crippen LogP contribution in [-0.4, -0.2) is 23.9 Å². The summed E-state index contributed by atoms with van der Waals surface area (Å²) in [4.78, 5) is 27.5. The molecule has 1 fully saturated rings. The Bertz CT molecular complexity index is 1220. The number of benzene rings is 2. The number of aryl methyl sites for hydroxylation is 1. The molecule has 1 amide bonds. The first-order chi connectivity index (χ1) is 14.8. The molecule has 2 aromatic carbocycles. The van der Waals surface area contributed by atoms with Crippen LogP contribution < -0.4 is 9.64 Å². The van der Waals surface area contributed by atoms with Crippen LogP contribution in [0.4, 0.5) is 5.69 Å². The van der Waals surface area contributed by atoms with Crippen molar-refractivity contribution in [1.29, 1.82) is 0 Å². The van der Waals surface area contributed by atoms with Gasteiger partial charge in [-0.1, -0.05) is 23.2 Å². The van der Waals surface area contributed by atoms with Gasteiger partial charge in [-0.25, -0.2) is 0 Å². The molecule has 4 rings (SSSR count). The molecule has 0 spiro atoms. The number of rotatable bonds is 4. The van der Waals surface area contributed by atoms with Crippen molar-refractivity contribution in [3.63, 3.8) is 0 Å². The third kappa shape index (κ3) is 3.58. The van der Waals surface area contributed by atoms with Crippen molar-refractivity contribution in [2.75, 3.05) is 12.0 Å². The fraction of sp³-hybridized carbons (Fsp3) is 0.130. The maximum Gasteiger partial charge on any atom is 0.300 e. The molecule has 8 heteroatoms. The zero-order valence-corrected chi connectivity index (χ0v) is 18.1. The molecule has 2 heterocycles. The molecule has 0 bridgehead atoms. The van der Waals surface area contributed by atoms with E-state index in [4.69, 9.17) is 32.4 Å². The van der Waals surface area contributed by atoms with Crippen molar-refractivity contribution in [3.05, 3.63) is 87.3 Å². The molecule has 158 valence electrons. The molecule has 1 N–H and O–H groups in total. The summed E-state index contributed by atoms with van der Waals surface area (Å²) in [6, 6.07) is 11.9. The highest BCUT2D eigenvalue weighted by Crippen LogP contribution is 2.44. The van der Waals surface area contributed by atoms with E-state index >= 15 is 0 Å². The molecular formula is C23H17Cl2NO5. The van der Waals surface area contributed by atoms with Crippen molar-refractivity contribution in [2.24, 2.45) is 0 Å². The fourth-order valence-corrected chi connectivity index (χ4v) is 4.07. The van der Waals surface area contributed by atoms with E-state index in [0.717, 1.165) is 0 Å². The number of hydrogen-bond acceptors (Lipinski definition) is 5. The third-order valence-electron chi connectivity index (χ3n) is 5.10. The lowest BCUT2D eigenvalue weighted by molar-refractivity contribution is -0.132. The van der Waals surface area contributed by atoms with E-state index in [2.05, 4.69) is 0 Å². The van der Waals surface area contributed by atoms with Crippen molar-refractivity contribution in [1.82, 2.24) is 0 Å². The summed E-state index contributed by atoms with van der Waals surface area (Å²) in [5.41, 5.74) is 1.36. The number of furan rings is 1. The minimum absolute atomic E-state index is 0.0984. The number of aliphatic hydroxyl groups is 1. The zero-order chi connectivity index (χ0) is 22.3. The Labute approximate surface area is 188 Å². The van der Waals surface area contributed by atoms with Crippen LogP contribution >= 0.6 is 23.2 Å². The van der Waals surface area contributed by atoms with Crippen molar-refractivity contribution >= 4 is 46.3 Å². The van der Waals surface area contributed by atoms with Gasteiger partial charge < -0.3 is 14.3 Å². The van der Waals surface area contributed by atoms with Gasteiger partial charge in [0.25, 0.3) is 11.7 Å². The number of ketones is 1. The van der Waals surface area contributed by atoms with Gasteiger partial charge >= 0.3 is 0 Å². The highest BCUT2D eigenvalue weighted by atomic mass is 35.5. The molecular weight excluding hydrogens is 441 g/mol. The van der Waals surface area contributed by atoms with Crippen LogP contribution in [0.1, 0.15) is 22.9 Å². The van der Waals surface area contributed by atoms with Crippen LogP contribution in [0.25, 0.3) is 5.76 Å². The molecule has 1 aliphatic heterocycles. The number of ether oxygens (including phenoxy) is 1. The van der Waals surface area contributed by atoms with Crippen LogP contribution in [0.5, 0.6) is 5.75 Å². The van der Waals surface area contributed by atoms with Gasteiger partial charge in [-0.3, -0.25) is 14.5 Å². The standard InChI is InChI=1S/C23H17Cl2NO5/c1-12-10-14(24)6-8-16(12)26-20(17-4-3-9-31-17)19(22(28)23(26)29)21(27)13-5-7-15(25)18(11-13)30-2/h3-11,20,27H,1-2H3/b21-19-. The molecule has 1 aliphatic rings. The number of aliphatic hydroxyl groups excluding tert-OH is 1. The monoisotopic (exact) mass is 457 g/mol. The maximum absolute atomic E-state index is 13.1. The van der Waals surface area contributed by atoms with E-state index in [1.54, 1.807) is 43.3 Å². The predicted molar refractivity (Wildman–Crippen MR) is 118 cm³/mol. The molecule has 1 atom stereocenters. The molecule has 1 unspecified atom stereocenters. The lowest BCUT2D eigenvalue weighted by atomic mass is 9.99. The third-order valence-corrected chi connectivity index (χ3v) is 5.65. The zero-order valence-electron chi connectivity index (χ0n) is 16.6. The van der Waals surface area contributed by atoms with Gasteiger partial charge in [-0.05, 0) is 61.0 Å². The summed E-state index contributed by atoms with van der Waals surface area (Å²) in [6.45, 7) is 1.78. The molecule has 3 aromatic rings. The van der Waals surface area contributed by atoms with Crippen LogP contribution in [-0.2, 0) is 9.59 Å². The first-order valence-corrected chi connectivity index (χ1v) is 10.0. The number of Topliss-reactive ketones (excluding diaryl/α,β-unsaturated/α-hetero) is 1. The molecule has 1 aromatic heterocycles. The highest BCUT2D eigenvalue weighted by molar-refractivity contribution is 6.51. The van der Waals surface area contributed by atoms with E-state index in [-0.39, 0.29) is 16.9 Å². The van der Waals surface area contributed by atoms with Gasteiger partial charge in [-0.2, -0.15) is 0 Å². The second-order valence-corrected chi connectivity index (χ2v) is 7.81. The number of carbonyl (C=O) groups excluding carboxylic acids is 2. The number of amides is 1. The molecule has 0 saturated carbocycles. The Balaban J connectivity index is 1.94. The highest BCUT2D eigenvalue weighted by Gasteiger charge is 2.48. The second kappa shape index (κ2) is 8.13. The number of anilines is 1. The Hall–Kier alpha value is -3.22. The maximum atomic E-state index is 13.1. The van der Waals surface area contributed by atoms with Gasteiger partial charge in [0.05, 0.1) is 24.0 Å². The van der Waals surface area contributed by atoms with E-state index < -0.39 is 17.7 Å². The Morgan fingerprint density at radius 3 is 2.55 bits per heavy atom. The van der Waals surface area contributed by atoms with E-state index in [9.17, 15) is 14.7 Å². The Morgan fingerprint density at radius 1 is 1.13 bits per heavy atom. The van der Waals surface area contributed by atoms with Crippen LogP contribution in [0, 0.1) is 6.92 Å². The van der Waals surface area contributed by atoms with E-state index in [1.807, 2.05) is 0 Å². The topological polar surface area (TPSA) is 80.0 Å². The average molecular weight is 458 g/mol. The van der Waals surface area contributed by atoms with Crippen LogP contribution in [0.15, 0.2) is 64.8 Å². The SMILES string of the molecule is COc1cc(/C(O)=C2/C(=O)C(=O)N(c3ccc(Cl)cc3C)C2c2ccco2)ccc1Cl. The van der Waals surface area contributed by atoms with E-state index in [1.165, 1.54) is 30.4 Å².